The van der Waals surface area contributed by atoms with Crippen molar-refractivity contribution < 1.29 is 9.53 Å². The molecule has 2 N–H and O–H groups in total. The summed E-state index contributed by atoms with van der Waals surface area (Å²) in [5, 5.41) is 6.14. The highest BCUT2D eigenvalue weighted by atomic mass is 16.5. The molecule has 0 aliphatic carbocycles. The Morgan fingerprint density at radius 2 is 2.31 bits per heavy atom. The van der Waals surface area contributed by atoms with Gasteiger partial charge >= 0.3 is 0 Å². The van der Waals surface area contributed by atoms with Gasteiger partial charge in [0.25, 0.3) is 0 Å². The van der Waals surface area contributed by atoms with E-state index in [0.29, 0.717) is 6.10 Å². The molecule has 4 nitrogen and oxygen atoms in total. The van der Waals surface area contributed by atoms with E-state index in [0.717, 1.165) is 45.4 Å². The number of nitrogens with one attached hydrogen (secondary N) is 2. The summed E-state index contributed by atoms with van der Waals surface area (Å²) in [6.45, 7) is 6.59. The van der Waals surface area contributed by atoms with Crippen molar-refractivity contribution >= 4 is 5.91 Å². The van der Waals surface area contributed by atoms with Gasteiger partial charge in [-0.15, -0.1) is 0 Å². The molecule has 0 saturated carbocycles. The second-order valence-electron chi connectivity index (χ2n) is 4.57. The fourth-order valence-corrected chi connectivity index (χ4v) is 1.79. The van der Waals surface area contributed by atoms with Crippen LogP contribution in [-0.2, 0) is 9.53 Å². The fourth-order valence-electron chi connectivity index (χ4n) is 1.79. The first-order valence-electron chi connectivity index (χ1n) is 6.33. The molecule has 1 amide bonds. The number of carbonyl (C=O) groups is 1. The minimum atomic E-state index is 0.0481. The highest BCUT2D eigenvalue weighted by Gasteiger charge is 2.20. The molecule has 0 aromatic heterocycles. The predicted molar refractivity (Wildman–Crippen MR) is 64.4 cm³/mol. The van der Waals surface area contributed by atoms with E-state index in [1.54, 1.807) is 0 Å². The number of carbonyl (C=O) groups excluding carboxylic acids is 1. The van der Waals surface area contributed by atoms with Crippen LogP contribution in [0.5, 0.6) is 0 Å². The zero-order chi connectivity index (χ0) is 11.8. The molecule has 0 radical (unpaired) electrons. The van der Waals surface area contributed by atoms with Gasteiger partial charge in [-0.25, -0.2) is 0 Å². The summed E-state index contributed by atoms with van der Waals surface area (Å²) in [5.74, 6) is 0.155. The van der Waals surface area contributed by atoms with Crippen molar-refractivity contribution in [2.45, 2.75) is 51.7 Å². The summed E-state index contributed by atoms with van der Waals surface area (Å²) >= 11 is 0. The quantitative estimate of drug-likeness (QED) is 0.641. The van der Waals surface area contributed by atoms with Gasteiger partial charge in [0.05, 0.1) is 12.1 Å². The van der Waals surface area contributed by atoms with Gasteiger partial charge in [-0.1, -0.05) is 0 Å². The van der Waals surface area contributed by atoms with Gasteiger partial charge in [-0.3, -0.25) is 4.79 Å². The molecule has 1 fully saturated rings. The number of hydrogen-bond donors (Lipinski definition) is 2. The topological polar surface area (TPSA) is 50.4 Å². The van der Waals surface area contributed by atoms with Crippen molar-refractivity contribution in [3.05, 3.63) is 0 Å². The summed E-state index contributed by atoms with van der Waals surface area (Å²) in [7, 11) is 0. The lowest BCUT2D eigenvalue weighted by atomic mass is 10.2. The van der Waals surface area contributed by atoms with Gasteiger partial charge in [0.1, 0.15) is 0 Å². The summed E-state index contributed by atoms with van der Waals surface area (Å²) in [6.07, 6.45) is 4.39. The van der Waals surface area contributed by atoms with Crippen LogP contribution in [0.15, 0.2) is 0 Å². The first-order chi connectivity index (χ1) is 7.70. The van der Waals surface area contributed by atoms with Gasteiger partial charge < -0.3 is 15.4 Å². The first kappa shape index (κ1) is 13.5. The van der Waals surface area contributed by atoms with Crippen LogP contribution in [0.25, 0.3) is 0 Å². The largest absolute Gasteiger partial charge is 0.379 e. The summed E-state index contributed by atoms with van der Waals surface area (Å²) in [5.41, 5.74) is 0. The number of unbranched alkanes of at least 4 members (excludes halogenated alkanes) is 1. The van der Waals surface area contributed by atoms with E-state index < -0.39 is 0 Å². The molecule has 4 heteroatoms. The van der Waals surface area contributed by atoms with Gasteiger partial charge in [-0.05, 0) is 46.1 Å². The van der Waals surface area contributed by atoms with Gasteiger partial charge in [0, 0.05) is 13.2 Å². The maximum atomic E-state index is 11.6. The van der Waals surface area contributed by atoms with Crippen molar-refractivity contribution in [3.63, 3.8) is 0 Å². The molecule has 0 aromatic carbocycles. The highest BCUT2D eigenvalue weighted by molar-refractivity contribution is 5.81. The van der Waals surface area contributed by atoms with Gasteiger partial charge in [0.2, 0.25) is 5.91 Å². The van der Waals surface area contributed by atoms with Crippen molar-refractivity contribution in [2.24, 2.45) is 0 Å². The summed E-state index contributed by atoms with van der Waals surface area (Å²) in [4.78, 5) is 11.6. The molecule has 16 heavy (non-hydrogen) atoms. The van der Waals surface area contributed by atoms with Crippen LogP contribution in [-0.4, -0.2) is 37.7 Å². The van der Waals surface area contributed by atoms with Crippen LogP contribution < -0.4 is 10.6 Å². The first-order valence-corrected chi connectivity index (χ1v) is 6.33. The van der Waals surface area contributed by atoms with Gasteiger partial charge in [-0.2, -0.15) is 0 Å². The maximum Gasteiger partial charge on any atom is 0.237 e. The third-order valence-corrected chi connectivity index (χ3v) is 2.70. The van der Waals surface area contributed by atoms with E-state index >= 15 is 0 Å². The Kier molecular flexibility index (Phi) is 6.42. The Balaban J connectivity index is 1.92. The van der Waals surface area contributed by atoms with E-state index in [1.807, 2.05) is 13.8 Å². The Morgan fingerprint density at radius 1 is 1.50 bits per heavy atom. The molecule has 0 aromatic rings. The number of hydrogen-bond acceptors (Lipinski definition) is 3. The molecule has 1 rings (SSSR count). The zero-order valence-corrected chi connectivity index (χ0v) is 10.4. The van der Waals surface area contributed by atoms with Crippen molar-refractivity contribution in [2.75, 3.05) is 19.7 Å². The number of ether oxygens (including phenoxy) is 1. The maximum absolute atomic E-state index is 11.6. The molecular weight excluding hydrogens is 204 g/mol. The van der Waals surface area contributed by atoms with Crippen molar-refractivity contribution in [1.29, 1.82) is 0 Å². The standard InChI is InChI=1S/C12H24N2O2/c1-10(2)16-9-4-3-7-14-12(15)11-6-5-8-13-11/h10-11,13H,3-9H2,1-2H3,(H,14,15). The lowest BCUT2D eigenvalue weighted by molar-refractivity contribution is -0.122. The van der Waals surface area contributed by atoms with E-state index in [2.05, 4.69) is 10.6 Å². The van der Waals surface area contributed by atoms with Crippen LogP contribution >= 0.6 is 0 Å². The second kappa shape index (κ2) is 7.63. The fraction of sp³-hybridized carbons (Fsp3) is 0.917. The molecule has 1 aliphatic heterocycles. The molecule has 0 bridgehead atoms. The van der Waals surface area contributed by atoms with E-state index in [9.17, 15) is 4.79 Å². The number of rotatable bonds is 7. The average Bonchev–Trinajstić information content (AvgIpc) is 2.75. The molecule has 1 aliphatic rings. The summed E-state index contributed by atoms with van der Waals surface area (Å²) in [6, 6.07) is 0.0481. The Hall–Kier alpha value is -0.610. The van der Waals surface area contributed by atoms with Crippen molar-refractivity contribution in [1.82, 2.24) is 10.6 Å². The average molecular weight is 228 g/mol. The molecular formula is C12H24N2O2. The minimum absolute atomic E-state index is 0.0481. The normalized spacial score (nSPS) is 20.3. The Labute approximate surface area is 98.1 Å². The van der Waals surface area contributed by atoms with Crippen LogP contribution in [0.1, 0.15) is 39.5 Å². The molecule has 0 spiro atoms. The van der Waals surface area contributed by atoms with E-state index in [-0.39, 0.29) is 11.9 Å². The van der Waals surface area contributed by atoms with Crippen molar-refractivity contribution in [3.8, 4) is 0 Å². The molecule has 1 saturated heterocycles. The lowest BCUT2D eigenvalue weighted by Gasteiger charge is -2.11. The number of amides is 1. The Morgan fingerprint density at radius 3 is 2.94 bits per heavy atom. The van der Waals surface area contributed by atoms with E-state index in [1.165, 1.54) is 0 Å². The van der Waals surface area contributed by atoms with Crippen LogP contribution in [0.3, 0.4) is 0 Å². The molecule has 1 unspecified atom stereocenters. The zero-order valence-electron chi connectivity index (χ0n) is 10.4. The summed E-state index contributed by atoms with van der Waals surface area (Å²) < 4.78 is 5.42. The third-order valence-electron chi connectivity index (χ3n) is 2.70. The SMILES string of the molecule is CC(C)OCCCCNC(=O)C1CCCN1. The van der Waals surface area contributed by atoms with Crippen LogP contribution in [0.2, 0.25) is 0 Å². The van der Waals surface area contributed by atoms with Crippen LogP contribution in [0.4, 0.5) is 0 Å². The third kappa shape index (κ3) is 5.47. The lowest BCUT2D eigenvalue weighted by Crippen LogP contribution is -2.40. The Bertz CT molecular complexity index is 201. The second-order valence-corrected chi connectivity index (χ2v) is 4.57. The van der Waals surface area contributed by atoms with E-state index in [4.69, 9.17) is 4.74 Å². The van der Waals surface area contributed by atoms with Crippen LogP contribution in [0, 0.1) is 0 Å². The molecule has 1 heterocycles. The minimum Gasteiger partial charge on any atom is -0.379 e. The monoisotopic (exact) mass is 228 g/mol. The predicted octanol–water partition coefficient (Wildman–Crippen LogP) is 1.06. The highest BCUT2D eigenvalue weighted by Crippen LogP contribution is 2.04. The smallest absolute Gasteiger partial charge is 0.237 e. The molecule has 1 atom stereocenters. The van der Waals surface area contributed by atoms with Gasteiger partial charge in [0.15, 0.2) is 0 Å². The molecule has 94 valence electrons.